The van der Waals surface area contributed by atoms with Crippen LogP contribution in [0.15, 0.2) is 24.7 Å². The van der Waals surface area contributed by atoms with E-state index >= 15 is 0 Å². The van der Waals surface area contributed by atoms with E-state index in [0.29, 0.717) is 0 Å². The molecule has 0 aliphatic heterocycles. The first-order valence-electron chi connectivity index (χ1n) is 2.71. The summed E-state index contributed by atoms with van der Waals surface area (Å²) in [7, 11) is 0. The van der Waals surface area contributed by atoms with Crippen molar-refractivity contribution in [3.8, 4) is 0 Å². The Bertz CT molecular complexity index is 287. The zero-order chi connectivity index (χ0) is 6.10. The van der Waals surface area contributed by atoms with Gasteiger partial charge in [0, 0.05) is 6.20 Å². The SMILES string of the molecule is Cl.c1cnc2[nH]cnc2c1. The van der Waals surface area contributed by atoms with Gasteiger partial charge < -0.3 is 4.98 Å². The Morgan fingerprint density at radius 1 is 1.30 bits per heavy atom. The molecule has 0 amide bonds. The molecule has 1 N–H and O–H groups in total. The van der Waals surface area contributed by atoms with Gasteiger partial charge in [0.2, 0.25) is 0 Å². The van der Waals surface area contributed by atoms with Crippen LogP contribution in [0.25, 0.3) is 11.2 Å². The van der Waals surface area contributed by atoms with E-state index in [1.807, 2.05) is 12.1 Å². The summed E-state index contributed by atoms with van der Waals surface area (Å²) in [4.78, 5) is 10.9. The van der Waals surface area contributed by atoms with Crippen molar-refractivity contribution in [1.82, 2.24) is 15.0 Å². The van der Waals surface area contributed by atoms with Crippen molar-refractivity contribution in [3.63, 3.8) is 0 Å². The predicted molar refractivity (Wildman–Crippen MR) is 41.1 cm³/mol. The molecule has 4 heteroatoms. The van der Waals surface area contributed by atoms with Gasteiger partial charge in [-0.1, -0.05) is 0 Å². The minimum absolute atomic E-state index is 0. The molecule has 0 saturated carbocycles. The number of H-pyrrole nitrogens is 1. The highest BCUT2D eigenvalue weighted by Gasteiger charge is 1.90. The molecule has 0 atom stereocenters. The summed E-state index contributed by atoms with van der Waals surface area (Å²) in [6.07, 6.45) is 3.37. The third-order valence-electron chi connectivity index (χ3n) is 1.19. The molecule has 2 heterocycles. The van der Waals surface area contributed by atoms with Gasteiger partial charge in [0.15, 0.2) is 5.65 Å². The van der Waals surface area contributed by atoms with Crippen LogP contribution in [-0.2, 0) is 0 Å². The molecule has 0 fully saturated rings. The molecule has 10 heavy (non-hydrogen) atoms. The molecule has 0 aromatic carbocycles. The Morgan fingerprint density at radius 2 is 2.20 bits per heavy atom. The number of fused-ring (bicyclic) bond motifs is 1. The topological polar surface area (TPSA) is 41.6 Å². The molecule has 52 valence electrons. The van der Waals surface area contributed by atoms with Crippen LogP contribution in [0.5, 0.6) is 0 Å². The minimum Gasteiger partial charge on any atom is -0.329 e. The maximum absolute atomic E-state index is 4.02. The van der Waals surface area contributed by atoms with Crippen LogP contribution in [-0.4, -0.2) is 15.0 Å². The van der Waals surface area contributed by atoms with Crippen molar-refractivity contribution >= 4 is 23.6 Å². The number of nitrogens with zero attached hydrogens (tertiary/aromatic N) is 2. The van der Waals surface area contributed by atoms with E-state index in [0.717, 1.165) is 11.2 Å². The van der Waals surface area contributed by atoms with Gasteiger partial charge in [0.25, 0.3) is 0 Å². The minimum atomic E-state index is 0. The molecule has 0 spiro atoms. The quantitative estimate of drug-likeness (QED) is 0.625. The van der Waals surface area contributed by atoms with Crippen LogP contribution in [0.4, 0.5) is 0 Å². The molecule has 2 aromatic rings. The van der Waals surface area contributed by atoms with Gasteiger partial charge in [-0.2, -0.15) is 0 Å². The van der Waals surface area contributed by atoms with E-state index in [2.05, 4.69) is 15.0 Å². The molecule has 0 unspecified atom stereocenters. The highest BCUT2D eigenvalue weighted by atomic mass is 35.5. The van der Waals surface area contributed by atoms with Gasteiger partial charge >= 0.3 is 0 Å². The van der Waals surface area contributed by atoms with Gasteiger partial charge in [-0.15, -0.1) is 12.4 Å². The van der Waals surface area contributed by atoms with Crippen molar-refractivity contribution < 1.29 is 0 Å². The Morgan fingerprint density at radius 3 is 3.00 bits per heavy atom. The number of imidazole rings is 1. The van der Waals surface area contributed by atoms with Gasteiger partial charge in [0.1, 0.15) is 5.52 Å². The highest BCUT2D eigenvalue weighted by Crippen LogP contribution is 2.01. The number of nitrogens with one attached hydrogen (secondary N) is 1. The summed E-state index contributed by atoms with van der Waals surface area (Å²) < 4.78 is 0. The van der Waals surface area contributed by atoms with Gasteiger partial charge in [-0.3, -0.25) is 0 Å². The first-order chi connectivity index (χ1) is 4.47. The maximum atomic E-state index is 4.02. The number of hydrogen-bond donors (Lipinski definition) is 1. The van der Waals surface area contributed by atoms with Crippen LogP contribution >= 0.6 is 12.4 Å². The molecule has 2 rings (SSSR count). The number of halogens is 1. The monoisotopic (exact) mass is 155 g/mol. The highest BCUT2D eigenvalue weighted by molar-refractivity contribution is 5.85. The lowest BCUT2D eigenvalue weighted by atomic mass is 10.4. The predicted octanol–water partition coefficient (Wildman–Crippen LogP) is 1.38. The fourth-order valence-electron chi connectivity index (χ4n) is 0.775. The first kappa shape index (κ1) is 7.02. The largest absolute Gasteiger partial charge is 0.329 e. The standard InChI is InChI=1S/C6H5N3.ClH/c1-2-5-6(7-3-1)9-4-8-5;/h1-4H,(H,7,8,9);1H. The summed E-state index contributed by atoms with van der Waals surface area (Å²) >= 11 is 0. The van der Waals surface area contributed by atoms with Crippen molar-refractivity contribution in [3.05, 3.63) is 24.7 Å². The molecule has 0 aliphatic carbocycles. The fourth-order valence-corrected chi connectivity index (χ4v) is 0.775. The van der Waals surface area contributed by atoms with Crippen molar-refractivity contribution in [2.24, 2.45) is 0 Å². The van der Waals surface area contributed by atoms with Gasteiger partial charge in [-0.05, 0) is 12.1 Å². The normalized spacial score (nSPS) is 9.20. The van der Waals surface area contributed by atoms with Crippen LogP contribution in [0.1, 0.15) is 0 Å². The lowest BCUT2D eigenvalue weighted by Gasteiger charge is -1.80. The second-order valence-corrected chi connectivity index (χ2v) is 1.77. The van der Waals surface area contributed by atoms with E-state index in [1.54, 1.807) is 12.5 Å². The fraction of sp³-hybridized carbons (Fsp3) is 0. The Kier molecular flexibility index (Phi) is 1.87. The average Bonchev–Trinajstić information content (AvgIpc) is 2.33. The smallest absolute Gasteiger partial charge is 0.157 e. The third-order valence-corrected chi connectivity index (χ3v) is 1.19. The number of pyridine rings is 1. The number of rotatable bonds is 0. The summed E-state index contributed by atoms with van der Waals surface area (Å²) in [6.45, 7) is 0. The first-order valence-corrected chi connectivity index (χ1v) is 2.71. The summed E-state index contributed by atoms with van der Waals surface area (Å²) in [5.74, 6) is 0. The summed E-state index contributed by atoms with van der Waals surface area (Å²) in [5.41, 5.74) is 1.76. The zero-order valence-electron chi connectivity index (χ0n) is 5.11. The Labute approximate surface area is 63.9 Å². The number of aromatic amines is 1. The molecule has 3 nitrogen and oxygen atoms in total. The average molecular weight is 156 g/mol. The third kappa shape index (κ3) is 0.953. The summed E-state index contributed by atoms with van der Waals surface area (Å²) in [5, 5.41) is 0. The second kappa shape index (κ2) is 2.66. The zero-order valence-corrected chi connectivity index (χ0v) is 5.93. The van der Waals surface area contributed by atoms with E-state index in [4.69, 9.17) is 0 Å². The molecular weight excluding hydrogens is 150 g/mol. The van der Waals surface area contributed by atoms with Gasteiger partial charge in [0.05, 0.1) is 6.33 Å². The van der Waals surface area contributed by atoms with E-state index in [1.165, 1.54) is 0 Å². The molecule has 0 bridgehead atoms. The van der Waals surface area contributed by atoms with Crippen LogP contribution in [0.2, 0.25) is 0 Å². The molecule has 2 aromatic heterocycles. The molecular formula is C6H6ClN3. The molecule has 0 radical (unpaired) electrons. The molecule has 0 saturated heterocycles. The van der Waals surface area contributed by atoms with Crippen LogP contribution in [0.3, 0.4) is 0 Å². The second-order valence-electron chi connectivity index (χ2n) is 1.77. The Balaban J connectivity index is 0.000000500. The van der Waals surface area contributed by atoms with Gasteiger partial charge in [-0.25, -0.2) is 9.97 Å². The van der Waals surface area contributed by atoms with E-state index < -0.39 is 0 Å². The van der Waals surface area contributed by atoms with Crippen LogP contribution < -0.4 is 0 Å². The number of aromatic nitrogens is 3. The Hall–Kier alpha value is -1.09. The van der Waals surface area contributed by atoms with E-state index in [9.17, 15) is 0 Å². The summed E-state index contributed by atoms with van der Waals surface area (Å²) in [6, 6.07) is 3.78. The van der Waals surface area contributed by atoms with E-state index in [-0.39, 0.29) is 12.4 Å². The lowest BCUT2D eigenvalue weighted by molar-refractivity contribution is 1.30. The van der Waals surface area contributed by atoms with Crippen molar-refractivity contribution in [2.75, 3.05) is 0 Å². The maximum Gasteiger partial charge on any atom is 0.157 e. The van der Waals surface area contributed by atoms with Crippen molar-refractivity contribution in [2.45, 2.75) is 0 Å². The van der Waals surface area contributed by atoms with Crippen LogP contribution in [0, 0.1) is 0 Å². The lowest BCUT2D eigenvalue weighted by Crippen LogP contribution is -1.71. The number of hydrogen-bond acceptors (Lipinski definition) is 2. The van der Waals surface area contributed by atoms with Crippen molar-refractivity contribution in [1.29, 1.82) is 0 Å². The molecule has 0 aliphatic rings.